The van der Waals surface area contributed by atoms with Crippen LogP contribution in [0.3, 0.4) is 0 Å². The molecule has 25 heavy (non-hydrogen) atoms. The number of rotatable bonds is 7. The van der Waals surface area contributed by atoms with Gasteiger partial charge >= 0.3 is 0 Å². The maximum Gasteiger partial charge on any atom is 0.261 e. The van der Waals surface area contributed by atoms with Crippen LogP contribution in [0.2, 0.25) is 5.02 Å². The van der Waals surface area contributed by atoms with Crippen LogP contribution in [0.1, 0.15) is 23.7 Å². The normalized spacial score (nSPS) is 11.0. The summed E-state index contributed by atoms with van der Waals surface area (Å²) in [6.07, 6.45) is 0.785. The van der Waals surface area contributed by atoms with Crippen LogP contribution in [0.15, 0.2) is 47.4 Å². The van der Waals surface area contributed by atoms with Crippen LogP contribution in [0.5, 0.6) is 5.75 Å². The molecule has 0 aromatic heterocycles. The average molecular weight is 383 g/mol. The molecule has 0 atom stereocenters. The topological polar surface area (TPSA) is 84.5 Å². The van der Waals surface area contributed by atoms with E-state index in [9.17, 15) is 13.2 Å². The third-order valence-electron chi connectivity index (χ3n) is 3.37. The van der Waals surface area contributed by atoms with Crippen LogP contribution in [0.25, 0.3) is 0 Å². The zero-order valence-corrected chi connectivity index (χ0v) is 15.4. The number of nitrogens with one attached hydrogen (secondary N) is 2. The van der Waals surface area contributed by atoms with Gasteiger partial charge in [0.15, 0.2) is 0 Å². The fourth-order valence-electron chi connectivity index (χ4n) is 2.07. The Labute approximate surface area is 152 Å². The first-order chi connectivity index (χ1) is 11.9. The Hall–Kier alpha value is -2.25. The molecule has 1 amide bonds. The number of hydrogen-bond acceptors (Lipinski definition) is 4. The standard InChI is InChI=1S/C17H19ClN2O4S/c1-3-10-19-17(21)15-11-12(4-9-16(15)18)20-25(22,23)14-7-5-13(24-2)6-8-14/h4-9,11,20H,3,10H2,1-2H3,(H,19,21). The molecule has 134 valence electrons. The quantitative estimate of drug-likeness (QED) is 0.769. The molecule has 0 fully saturated rings. The zero-order valence-electron chi connectivity index (χ0n) is 13.9. The summed E-state index contributed by atoms with van der Waals surface area (Å²) in [6.45, 7) is 2.44. The number of carbonyl (C=O) groups is 1. The molecule has 2 aromatic rings. The number of carbonyl (C=O) groups excluding carboxylic acids is 1. The molecular formula is C17H19ClN2O4S. The van der Waals surface area contributed by atoms with Crippen LogP contribution in [0.4, 0.5) is 5.69 Å². The van der Waals surface area contributed by atoms with E-state index in [1.165, 1.54) is 37.4 Å². The van der Waals surface area contributed by atoms with Crippen LogP contribution in [-0.4, -0.2) is 28.0 Å². The van der Waals surface area contributed by atoms with Crippen molar-refractivity contribution in [3.63, 3.8) is 0 Å². The fraction of sp³-hybridized carbons (Fsp3) is 0.235. The van der Waals surface area contributed by atoms with Crippen molar-refractivity contribution in [2.45, 2.75) is 18.2 Å². The second kappa shape index (κ2) is 8.22. The van der Waals surface area contributed by atoms with E-state index in [2.05, 4.69) is 10.0 Å². The fourth-order valence-corrected chi connectivity index (χ4v) is 3.32. The summed E-state index contributed by atoms with van der Waals surface area (Å²) in [5, 5.41) is 2.96. The monoisotopic (exact) mass is 382 g/mol. The molecule has 2 rings (SSSR count). The smallest absolute Gasteiger partial charge is 0.261 e. The molecule has 6 nitrogen and oxygen atoms in total. The lowest BCUT2D eigenvalue weighted by Crippen LogP contribution is -2.24. The first kappa shape index (κ1) is 19.1. The highest BCUT2D eigenvalue weighted by Crippen LogP contribution is 2.23. The van der Waals surface area contributed by atoms with Gasteiger partial charge in [0, 0.05) is 12.2 Å². The average Bonchev–Trinajstić information content (AvgIpc) is 2.61. The Bertz CT molecular complexity index is 851. The number of benzene rings is 2. The molecular weight excluding hydrogens is 364 g/mol. The summed E-state index contributed by atoms with van der Waals surface area (Å²) in [4.78, 5) is 12.2. The Morgan fingerprint density at radius 2 is 1.84 bits per heavy atom. The number of sulfonamides is 1. The van der Waals surface area contributed by atoms with Crippen molar-refractivity contribution in [2.24, 2.45) is 0 Å². The molecule has 0 heterocycles. The Balaban J connectivity index is 2.25. The minimum Gasteiger partial charge on any atom is -0.497 e. The van der Waals surface area contributed by atoms with Gasteiger partial charge < -0.3 is 10.1 Å². The zero-order chi connectivity index (χ0) is 18.4. The van der Waals surface area contributed by atoms with Crippen molar-refractivity contribution in [3.05, 3.63) is 53.1 Å². The lowest BCUT2D eigenvalue weighted by atomic mass is 10.2. The van der Waals surface area contributed by atoms with E-state index in [1.54, 1.807) is 12.1 Å². The lowest BCUT2D eigenvalue weighted by molar-refractivity contribution is 0.0954. The van der Waals surface area contributed by atoms with Gasteiger partial charge in [-0.05, 0) is 48.9 Å². The minimum absolute atomic E-state index is 0.0836. The minimum atomic E-state index is -3.79. The van der Waals surface area contributed by atoms with Crippen molar-refractivity contribution in [3.8, 4) is 5.75 Å². The third-order valence-corrected chi connectivity index (χ3v) is 5.10. The van der Waals surface area contributed by atoms with Gasteiger partial charge in [0.2, 0.25) is 0 Å². The van der Waals surface area contributed by atoms with Gasteiger partial charge in [0.1, 0.15) is 5.75 Å². The Morgan fingerprint density at radius 1 is 1.16 bits per heavy atom. The molecule has 2 N–H and O–H groups in total. The van der Waals surface area contributed by atoms with Crippen molar-refractivity contribution >= 4 is 33.2 Å². The lowest BCUT2D eigenvalue weighted by Gasteiger charge is -2.11. The van der Waals surface area contributed by atoms with E-state index in [1.807, 2.05) is 6.92 Å². The van der Waals surface area contributed by atoms with Gasteiger partial charge in [-0.15, -0.1) is 0 Å². The van der Waals surface area contributed by atoms with Crippen molar-refractivity contribution in [1.82, 2.24) is 5.32 Å². The first-order valence-electron chi connectivity index (χ1n) is 7.62. The van der Waals surface area contributed by atoms with Crippen molar-refractivity contribution in [1.29, 1.82) is 0 Å². The predicted octanol–water partition coefficient (Wildman–Crippen LogP) is 3.29. The highest BCUT2D eigenvalue weighted by molar-refractivity contribution is 7.92. The van der Waals surface area contributed by atoms with Gasteiger partial charge in [-0.25, -0.2) is 8.42 Å². The summed E-state index contributed by atoms with van der Waals surface area (Å²) in [5.41, 5.74) is 0.465. The summed E-state index contributed by atoms with van der Waals surface area (Å²) < 4.78 is 32.4. The van der Waals surface area contributed by atoms with Gasteiger partial charge in [0.25, 0.3) is 15.9 Å². The highest BCUT2D eigenvalue weighted by atomic mass is 35.5. The van der Waals surface area contributed by atoms with Crippen LogP contribution >= 0.6 is 11.6 Å². The molecule has 0 unspecified atom stereocenters. The van der Waals surface area contributed by atoms with Gasteiger partial charge in [-0.2, -0.15) is 0 Å². The second-order valence-corrected chi connectivity index (χ2v) is 7.32. The van der Waals surface area contributed by atoms with Crippen LogP contribution in [-0.2, 0) is 10.0 Å². The molecule has 0 saturated heterocycles. The van der Waals surface area contributed by atoms with E-state index in [0.29, 0.717) is 12.3 Å². The van der Waals surface area contributed by atoms with Crippen LogP contribution in [0, 0.1) is 0 Å². The van der Waals surface area contributed by atoms with Crippen molar-refractivity contribution < 1.29 is 17.9 Å². The summed E-state index contributed by atoms with van der Waals surface area (Å²) in [5.74, 6) is 0.206. The molecule has 0 spiro atoms. The maximum absolute atomic E-state index is 12.5. The van der Waals surface area contributed by atoms with Crippen molar-refractivity contribution in [2.75, 3.05) is 18.4 Å². The van der Waals surface area contributed by atoms with E-state index >= 15 is 0 Å². The molecule has 0 radical (unpaired) electrons. The Kier molecular flexibility index (Phi) is 6.27. The number of halogens is 1. The van der Waals surface area contributed by atoms with E-state index in [-0.39, 0.29) is 27.1 Å². The summed E-state index contributed by atoms with van der Waals surface area (Å²) >= 11 is 6.04. The number of ether oxygens (including phenoxy) is 1. The number of amides is 1. The Morgan fingerprint density at radius 3 is 2.44 bits per heavy atom. The molecule has 0 aliphatic heterocycles. The van der Waals surface area contributed by atoms with E-state index < -0.39 is 10.0 Å². The molecule has 0 aliphatic rings. The number of anilines is 1. The van der Waals surface area contributed by atoms with Gasteiger partial charge in [-0.3, -0.25) is 9.52 Å². The summed E-state index contributed by atoms with van der Waals surface area (Å²) in [7, 11) is -2.29. The largest absolute Gasteiger partial charge is 0.497 e. The summed E-state index contributed by atoms with van der Waals surface area (Å²) in [6, 6.07) is 10.4. The number of methoxy groups -OCH3 is 1. The van der Waals surface area contributed by atoms with Gasteiger partial charge in [0.05, 0.1) is 22.6 Å². The predicted molar refractivity (Wildman–Crippen MR) is 97.9 cm³/mol. The maximum atomic E-state index is 12.5. The second-order valence-electron chi connectivity index (χ2n) is 5.23. The molecule has 0 saturated carbocycles. The highest BCUT2D eigenvalue weighted by Gasteiger charge is 2.17. The molecule has 2 aromatic carbocycles. The molecule has 0 aliphatic carbocycles. The first-order valence-corrected chi connectivity index (χ1v) is 9.48. The van der Waals surface area contributed by atoms with Crippen LogP contribution < -0.4 is 14.8 Å². The molecule has 0 bridgehead atoms. The number of hydrogen-bond donors (Lipinski definition) is 2. The van der Waals surface area contributed by atoms with Gasteiger partial charge in [-0.1, -0.05) is 18.5 Å². The molecule has 8 heteroatoms. The van der Waals surface area contributed by atoms with E-state index in [4.69, 9.17) is 16.3 Å². The van der Waals surface area contributed by atoms with E-state index in [0.717, 1.165) is 6.42 Å². The SMILES string of the molecule is CCCNC(=O)c1cc(NS(=O)(=O)c2ccc(OC)cc2)ccc1Cl. The third kappa shape index (κ3) is 4.87.